The highest BCUT2D eigenvalue weighted by atomic mass is 16.5. The summed E-state index contributed by atoms with van der Waals surface area (Å²) in [5.41, 5.74) is 1.30. The van der Waals surface area contributed by atoms with Gasteiger partial charge in [0.25, 0.3) is 11.8 Å². The van der Waals surface area contributed by atoms with E-state index in [-0.39, 0.29) is 17.9 Å². The number of benzene rings is 1. The molecule has 29 heavy (non-hydrogen) atoms. The fourth-order valence-electron chi connectivity index (χ4n) is 5.24. The quantitative estimate of drug-likeness (QED) is 0.844. The summed E-state index contributed by atoms with van der Waals surface area (Å²) in [6, 6.07) is 8.94. The molecule has 0 unspecified atom stereocenters. The van der Waals surface area contributed by atoms with E-state index in [0.717, 1.165) is 38.8 Å². The van der Waals surface area contributed by atoms with Crippen LogP contribution >= 0.6 is 0 Å². The largest absolute Gasteiger partial charge is 0.368 e. The Hall–Kier alpha value is -1.92. The number of nitrogens with one attached hydrogen (secondary N) is 1. The zero-order chi connectivity index (χ0) is 20.4. The Morgan fingerprint density at radius 3 is 2.59 bits per heavy atom. The van der Waals surface area contributed by atoms with Gasteiger partial charge in [0.05, 0.1) is 0 Å². The molecule has 2 amide bonds. The van der Waals surface area contributed by atoms with Gasteiger partial charge in [-0.05, 0) is 70.6 Å². The summed E-state index contributed by atoms with van der Waals surface area (Å²) >= 11 is 0. The van der Waals surface area contributed by atoms with Gasteiger partial charge in [0.2, 0.25) is 0 Å². The number of anilines is 1. The van der Waals surface area contributed by atoms with Gasteiger partial charge in [-0.3, -0.25) is 14.5 Å². The van der Waals surface area contributed by atoms with Crippen LogP contribution in [-0.2, 0) is 9.53 Å². The third-order valence-corrected chi connectivity index (χ3v) is 6.72. The molecule has 1 aromatic rings. The normalized spacial score (nSPS) is 30.5. The summed E-state index contributed by atoms with van der Waals surface area (Å²) < 4.78 is 5.45. The molecule has 3 saturated heterocycles. The van der Waals surface area contributed by atoms with Crippen molar-refractivity contribution in [2.45, 2.75) is 76.6 Å². The van der Waals surface area contributed by atoms with Crippen molar-refractivity contribution in [3.05, 3.63) is 29.8 Å². The minimum atomic E-state index is -0.373. The third-order valence-electron chi connectivity index (χ3n) is 6.72. The molecule has 3 fully saturated rings. The molecule has 4 atom stereocenters. The van der Waals surface area contributed by atoms with Crippen LogP contribution in [0.15, 0.2) is 24.3 Å². The van der Waals surface area contributed by atoms with Crippen LogP contribution in [0.25, 0.3) is 0 Å². The SMILES string of the molecule is C[C@@H]1CC[C@H](C)N1[C@H]1CCCN(C(=O)c2cccc(NC(=O)[C@H]3CCCO3)c2)C1. The minimum Gasteiger partial charge on any atom is -0.368 e. The molecule has 0 aromatic heterocycles. The van der Waals surface area contributed by atoms with Gasteiger partial charge in [0.15, 0.2) is 0 Å². The molecule has 1 N–H and O–H groups in total. The summed E-state index contributed by atoms with van der Waals surface area (Å²) in [7, 11) is 0. The molecule has 6 heteroatoms. The van der Waals surface area contributed by atoms with Crippen molar-refractivity contribution in [3.63, 3.8) is 0 Å². The van der Waals surface area contributed by atoms with Crippen molar-refractivity contribution in [1.82, 2.24) is 9.80 Å². The first-order chi connectivity index (χ1) is 14.0. The molecule has 3 aliphatic heterocycles. The molecule has 3 aliphatic rings. The van der Waals surface area contributed by atoms with Crippen molar-refractivity contribution in [3.8, 4) is 0 Å². The number of carbonyl (C=O) groups excluding carboxylic acids is 2. The molecular formula is C23H33N3O3. The van der Waals surface area contributed by atoms with Crippen LogP contribution in [0, 0.1) is 0 Å². The van der Waals surface area contributed by atoms with Crippen LogP contribution in [-0.4, -0.2) is 65.5 Å². The van der Waals surface area contributed by atoms with Crippen molar-refractivity contribution < 1.29 is 14.3 Å². The molecule has 4 rings (SSSR count). The van der Waals surface area contributed by atoms with Gasteiger partial charge in [-0.15, -0.1) is 0 Å². The second kappa shape index (κ2) is 8.84. The Balaban J connectivity index is 1.41. The van der Waals surface area contributed by atoms with Gasteiger partial charge in [-0.1, -0.05) is 6.07 Å². The summed E-state index contributed by atoms with van der Waals surface area (Å²) in [4.78, 5) is 30.1. The number of amides is 2. The first-order valence-corrected chi connectivity index (χ1v) is 11.1. The number of ether oxygens (including phenoxy) is 1. The van der Waals surface area contributed by atoms with Crippen LogP contribution < -0.4 is 5.32 Å². The van der Waals surface area contributed by atoms with E-state index >= 15 is 0 Å². The lowest BCUT2D eigenvalue weighted by Crippen LogP contribution is -2.52. The average Bonchev–Trinajstić information content (AvgIpc) is 3.38. The Labute approximate surface area is 173 Å². The Kier molecular flexibility index (Phi) is 6.20. The summed E-state index contributed by atoms with van der Waals surface area (Å²) in [5, 5.41) is 2.90. The highest BCUT2D eigenvalue weighted by molar-refractivity contribution is 5.98. The Bertz CT molecular complexity index is 737. The molecule has 3 heterocycles. The molecule has 158 valence electrons. The van der Waals surface area contributed by atoms with Crippen LogP contribution in [0.4, 0.5) is 5.69 Å². The van der Waals surface area contributed by atoms with E-state index in [9.17, 15) is 9.59 Å². The number of hydrogen-bond acceptors (Lipinski definition) is 4. The van der Waals surface area contributed by atoms with Crippen LogP contribution in [0.5, 0.6) is 0 Å². The zero-order valence-electron chi connectivity index (χ0n) is 17.6. The van der Waals surface area contributed by atoms with Gasteiger partial charge in [-0.25, -0.2) is 0 Å². The van der Waals surface area contributed by atoms with E-state index < -0.39 is 0 Å². The van der Waals surface area contributed by atoms with E-state index in [4.69, 9.17) is 4.74 Å². The lowest BCUT2D eigenvalue weighted by atomic mass is 10.0. The predicted octanol–water partition coefficient (Wildman–Crippen LogP) is 3.28. The fourth-order valence-corrected chi connectivity index (χ4v) is 5.24. The summed E-state index contributed by atoms with van der Waals surface area (Å²) in [6.07, 6.45) is 6.00. The van der Waals surface area contributed by atoms with Crippen LogP contribution in [0.2, 0.25) is 0 Å². The second-order valence-corrected chi connectivity index (χ2v) is 8.84. The third kappa shape index (κ3) is 4.48. The van der Waals surface area contributed by atoms with Crippen molar-refractivity contribution in [2.24, 2.45) is 0 Å². The summed E-state index contributed by atoms with van der Waals surface area (Å²) in [5.74, 6) is -0.0652. The standard InChI is InChI=1S/C23H33N3O3/c1-16-10-11-17(2)26(16)20-8-4-12-25(15-20)23(28)18-6-3-7-19(14-18)24-22(27)21-9-5-13-29-21/h3,6-7,14,16-17,20-21H,4-5,8-13,15H2,1-2H3,(H,24,27)/t16-,17+,20-,21+/m0/s1. The molecule has 0 bridgehead atoms. The highest BCUT2D eigenvalue weighted by Gasteiger charge is 2.36. The Morgan fingerprint density at radius 1 is 1.07 bits per heavy atom. The highest BCUT2D eigenvalue weighted by Crippen LogP contribution is 2.30. The Morgan fingerprint density at radius 2 is 1.86 bits per heavy atom. The fraction of sp³-hybridized carbons (Fsp3) is 0.652. The van der Waals surface area contributed by atoms with Gasteiger partial charge in [-0.2, -0.15) is 0 Å². The molecule has 0 saturated carbocycles. The van der Waals surface area contributed by atoms with Crippen LogP contribution in [0.1, 0.15) is 62.7 Å². The van der Waals surface area contributed by atoms with E-state index in [2.05, 4.69) is 24.1 Å². The van der Waals surface area contributed by atoms with Gasteiger partial charge in [0, 0.05) is 49.1 Å². The van der Waals surface area contributed by atoms with E-state index in [1.165, 1.54) is 12.8 Å². The van der Waals surface area contributed by atoms with Gasteiger partial charge >= 0.3 is 0 Å². The number of carbonyl (C=O) groups is 2. The lowest BCUT2D eigenvalue weighted by molar-refractivity contribution is -0.124. The van der Waals surface area contributed by atoms with Crippen molar-refractivity contribution in [1.29, 1.82) is 0 Å². The first-order valence-electron chi connectivity index (χ1n) is 11.1. The number of rotatable bonds is 4. The molecule has 0 spiro atoms. The molecular weight excluding hydrogens is 366 g/mol. The van der Waals surface area contributed by atoms with Gasteiger partial charge < -0.3 is 15.0 Å². The monoisotopic (exact) mass is 399 g/mol. The number of piperidine rings is 1. The molecule has 0 radical (unpaired) electrons. The molecule has 1 aromatic carbocycles. The van der Waals surface area contributed by atoms with E-state index in [1.54, 1.807) is 6.07 Å². The maximum Gasteiger partial charge on any atom is 0.253 e. The number of likely N-dealkylation sites (tertiary alicyclic amines) is 2. The predicted molar refractivity (Wildman–Crippen MR) is 113 cm³/mol. The minimum absolute atomic E-state index is 0.0578. The van der Waals surface area contributed by atoms with Crippen molar-refractivity contribution in [2.75, 3.05) is 25.0 Å². The smallest absolute Gasteiger partial charge is 0.253 e. The summed E-state index contributed by atoms with van der Waals surface area (Å²) in [6.45, 7) is 6.86. The number of hydrogen-bond donors (Lipinski definition) is 1. The van der Waals surface area contributed by atoms with Crippen LogP contribution in [0.3, 0.4) is 0 Å². The maximum atomic E-state index is 13.2. The van der Waals surface area contributed by atoms with E-state index in [1.807, 2.05) is 23.1 Å². The average molecular weight is 400 g/mol. The topological polar surface area (TPSA) is 61.9 Å². The molecule has 6 nitrogen and oxygen atoms in total. The lowest BCUT2D eigenvalue weighted by Gasteiger charge is -2.41. The zero-order valence-corrected chi connectivity index (χ0v) is 17.6. The maximum absolute atomic E-state index is 13.2. The second-order valence-electron chi connectivity index (χ2n) is 8.84. The molecule has 0 aliphatic carbocycles. The van der Waals surface area contributed by atoms with E-state index in [0.29, 0.717) is 36.0 Å². The van der Waals surface area contributed by atoms with Crippen molar-refractivity contribution >= 4 is 17.5 Å². The number of nitrogens with zero attached hydrogens (tertiary/aromatic N) is 2. The van der Waals surface area contributed by atoms with Gasteiger partial charge in [0.1, 0.15) is 6.10 Å². The first kappa shape index (κ1) is 20.4.